The molecular weight excluding hydrogens is 637 g/mol. The van der Waals surface area contributed by atoms with E-state index in [1.165, 1.54) is 32.4 Å². The highest BCUT2D eigenvalue weighted by atomic mass is 35.5. The summed E-state index contributed by atoms with van der Waals surface area (Å²) < 4.78 is 2.19. The van der Waals surface area contributed by atoms with E-state index in [1.807, 2.05) is 11.2 Å². The van der Waals surface area contributed by atoms with E-state index in [1.54, 1.807) is 0 Å². The van der Waals surface area contributed by atoms with Crippen molar-refractivity contribution in [3.05, 3.63) is 36.2 Å². The summed E-state index contributed by atoms with van der Waals surface area (Å²) in [4.78, 5) is 42.7. The number of carbonyl (C=O) groups excluding carboxylic acids is 1. The summed E-state index contributed by atoms with van der Waals surface area (Å²) in [7, 11) is 0. The summed E-state index contributed by atoms with van der Waals surface area (Å²) in [6.45, 7) is 7.93. The predicted molar refractivity (Wildman–Crippen MR) is 189 cm³/mol. The number of carboxylic acids is 1. The van der Waals surface area contributed by atoms with Crippen LogP contribution < -0.4 is 10.2 Å². The zero-order valence-electron chi connectivity index (χ0n) is 27.4. The first kappa shape index (κ1) is 34.0. The van der Waals surface area contributed by atoms with Gasteiger partial charge in [-0.1, -0.05) is 18.6 Å². The molecule has 5 aliphatic rings. The Balaban J connectivity index is 0.00000193. The molecule has 0 atom stereocenters. The number of imidazole rings is 1. The molecule has 2 N–H and O–H groups in total. The molecule has 5 heterocycles. The fourth-order valence-corrected chi connectivity index (χ4v) is 8.35. The van der Waals surface area contributed by atoms with Gasteiger partial charge in [0, 0.05) is 48.5 Å². The van der Waals surface area contributed by atoms with Crippen molar-refractivity contribution < 1.29 is 14.7 Å². The first-order chi connectivity index (χ1) is 21.8. The second-order valence-electron chi connectivity index (χ2n) is 14.4. The van der Waals surface area contributed by atoms with Crippen molar-refractivity contribution in [1.82, 2.24) is 24.3 Å². The van der Waals surface area contributed by atoms with Gasteiger partial charge in [-0.25, -0.2) is 9.97 Å². The van der Waals surface area contributed by atoms with Gasteiger partial charge in [-0.3, -0.25) is 14.5 Å². The maximum atomic E-state index is 14.6. The van der Waals surface area contributed by atoms with E-state index in [9.17, 15) is 14.7 Å². The topological polar surface area (TPSA) is 107 Å². The van der Waals surface area contributed by atoms with Crippen molar-refractivity contribution in [2.45, 2.75) is 101 Å². The fourth-order valence-electron chi connectivity index (χ4n) is 8.35. The average molecular weight is 685 g/mol. The summed E-state index contributed by atoms with van der Waals surface area (Å²) >= 11 is 0. The molecule has 1 aromatic carbocycles. The lowest BCUT2D eigenvalue weighted by atomic mass is 9.73. The van der Waals surface area contributed by atoms with Crippen LogP contribution in [0.4, 0.5) is 11.5 Å². The SMILES string of the molecule is CC(C)n1cnc2cc(-c3ccc4c(c3)N(C3CC(N5CCCCC5)C3)C(=O)C43CCN(CC(=O)O)CC3)nc(NC3CC3)c21.Cl.Cl. The molecule has 1 amide bonds. The number of aliphatic carboxylic acids is 1. The van der Waals surface area contributed by atoms with E-state index in [0.717, 1.165) is 65.0 Å². The van der Waals surface area contributed by atoms with Gasteiger partial charge in [0.2, 0.25) is 5.91 Å². The van der Waals surface area contributed by atoms with Gasteiger partial charge in [0.15, 0.2) is 5.82 Å². The van der Waals surface area contributed by atoms with Gasteiger partial charge in [0.25, 0.3) is 0 Å². The number of carbonyl (C=O) groups is 2. The van der Waals surface area contributed by atoms with Crippen LogP contribution in [-0.4, -0.2) is 92.2 Å². The molecular formula is C35H47Cl2N7O3. The third-order valence-electron chi connectivity index (χ3n) is 11.2. The molecule has 0 bridgehead atoms. The van der Waals surface area contributed by atoms with Gasteiger partial charge >= 0.3 is 5.97 Å². The van der Waals surface area contributed by atoms with E-state index in [2.05, 4.69) is 57.8 Å². The first-order valence-corrected chi connectivity index (χ1v) is 17.1. The molecule has 0 unspecified atom stereocenters. The lowest BCUT2D eigenvalue weighted by Crippen LogP contribution is -2.58. The monoisotopic (exact) mass is 683 g/mol. The Labute approximate surface area is 289 Å². The Hall–Kier alpha value is -2.92. The zero-order chi connectivity index (χ0) is 30.9. The van der Waals surface area contributed by atoms with Gasteiger partial charge in [-0.2, -0.15) is 0 Å². The number of anilines is 2. The number of carboxylic acid groups (broad SMARTS) is 1. The molecule has 2 aromatic heterocycles. The Kier molecular flexibility index (Phi) is 9.52. The number of hydrogen-bond acceptors (Lipinski definition) is 7. The minimum absolute atomic E-state index is 0. The number of fused-ring (bicyclic) bond motifs is 3. The van der Waals surface area contributed by atoms with Crippen molar-refractivity contribution in [3.63, 3.8) is 0 Å². The minimum atomic E-state index is -0.813. The van der Waals surface area contributed by atoms with Crippen molar-refractivity contribution in [2.75, 3.05) is 42.9 Å². The summed E-state index contributed by atoms with van der Waals surface area (Å²) in [6, 6.07) is 10.1. The molecule has 254 valence electrons. The second-order valence-corrected chi connectivity index (χ2v) is 14.4. The largest absolute Gasteiger partial charge is 0.480 e. The molecule has 2 saturated heterocycles. The number of nitrogens with one attached hydrogen (secondary N) is 1. The first-order valence-electron chi connectivity index (χ1n) is 17.1. The lowest BCUT2D eigenvalue weighted by Gasteiger charge is -2.48. The van der Waals surface area contributed by atoms with Crippen molar-refractivity contribution in [2.24, 2.45) is 0 Å². The number of aromatic nitrogens is 3. The van der Waals surface area contributed by atoms with Crippen LogP contribution in [0, 0.1) is 0 Å². The number of pyridine rings is 1. The molecule has 2 aliphatic carbocycles. The number of halogens is 2. The van der Waals surface area contributed by atoms with Crippen molar-refractivity contribution >= 4 is 59.2 Å². The summed E-state index contributed by atoms with van der Waals surface area (Å²) in [5.74, 6) is 0.281. The molecule has 2 saturated carbocycles. The van der Waals surface area contributed by atoms with E-state index in [4.69, 9.17) is 9.97 Å². The van der Waals surface area contributed by atoms with Gasteiger partial charge < -0.3 is 24.8 Å². The quantitative estimate of drug-likeness (QED) is 0.303. The fraction of sp³-hybridized carbons (Fsp3) is 0.600. The molecule has 12 heteroatoms. The normalized spacial score (nSPS) is 24.1. The van der Waals surface area contributed by atoms with Crippen LogP contribution in [0.25, 0.3) is 22.3 Å². The lowest BCUT2D eigenvalue weighted by molar-refractivity contribution is -0.138. The highest BCUT2D eigenvalue weighted by molar-refractivity contribution is 6.09. The number of benzene rings is 1. The number of likely N-dealkylation sites (tertiary alicyclic amines) is 2. The number of amides is 1. The van der Waals surface area contributed by atoms with Crippen LogP contribution in [0.2, 0.25) is 0 Å². The molecule has 3 aliphatic heterocycles. The zero-order valence-corrected chi connectivity index (χ0v) is 29.0. The molecule has 0 radical (unpaired) electrons. The van der Waals surface area contributed by atoms with E-state index in [-0.39, 0.29) is 49.3 Å². The summed E-state index contributed by atoms with van der Waals surface area (Å²) in [5.41, 5.74) is 5.38. The van der Waals surface area contributed by atoms with Crippen molar-refractivity contribution in [1.29, 1.82) is 0 Å². The molecule has 8 rings (SSSR count). The number of hydrogen-bond donors (Lipinski definition) is 2. The molecule has 4 fully saturated rings. The number of piperidine rings is 2. The van der Waals surface area contributed by atoms with Gasteiger partial charge in [0.1, 0.15) is 5.52 Å². The third-order valence-corrected chi connectivity index (χ3v) is 11.2. The Morgan fingerprint density at radius 2 is 1.74 bits per heavy atom. The Morgan fingerprint density at radius 3 is 2.40 bits per heavy atom. The van der Waals surface area contributed by atoms with Gasteiger partial charge in [0.05, 0.1) is 29.5 Å². The highest BCUT2D eigenvalue weighted by Gasteiger charge is 2.55. The number of nitrogens with zero attached hydrogens (tertiary/aromatic N) is 6. The van der Waals surface area contributed by atoms with Crippen LogP contribution >= 0.6 is 24.8 Å². The molecule has 1 spiro atoms. The van der Waals surface area contributed by atoms with Crippen LogP contribution in [-0.2, 0) is 15.0 Å². The van der Waals surface area contributed by atoms with Crippen LogP contribution in [0.3, 0.4) is 0 Å². The van der Waals surface area contributed by atoms with Gasteiger partial charge in [-0.15, -0.1) is 24.8 Å². The predicted octanol–water partition coefficient (Wildman–Crippen LogP) is 5.88. The van der Waals surface area contributed by atoms with E-state index < -0.39 is 11.4 Å². The second kappa shape index (κ2) is 13.2. The van der Waals surface area contributed by atoms with Crippen LogP contribution in [0.15, 0.2) is 30.6 Å². The van der Waals surface area contributed by atoms with Gasteiger partial charge in [-0.05, 0) is 96.0 Å². The van der Waals surface area contributed by atoms with E-state index in [0.29, 0.717) is 38.0 Å². The van der Waals surface area contributed by atoms with E-state index >= 15 is 0 Å². The molecule has 10 nitrogen and oxygen atoms in total. The maximum Gasteiger partial charge on any atom is 0.317 e. The Morgan fingerprint density at radius 1 is 1.02 bits per heavy atom. The third kappa shape index (κ3) is 6.00. The standard InChI is InChI=1S/C35H45N7O3.2ClH/c1-22(2)41-21-36-29-19-28(38-33(32(29)41)37-24-7-8-24)23-6-9-27-30(16-23)42(26-17-25(18-26)40-12-4-3-5-13-40)34(45)35(27)10-14-39(15-11-35)20-31(43)44;;/h6,9,16,19,21-22,24-26H,3-5,7-8,10-15,17-18,20H2,1-2H3,(H,37,38)(H,43,44);2*1H. The minimum Gasteiger partial charge on any atom is -0.480 e. The summed E-state index contributed by atoms with van der Waals surface area (Å²) in [5, 5.41) is 13.1. The Bertz CT molecular complexity index is 1640. The van der Waals surface area contributed by atoms with Crippen molar-refractivity contribution in [3.8, 4) is 11.3 Å². The smallest absolute Gasteiger partial charge is 0.317 e. The molecule has 47 heavy (non-hydrogen) atoms. The number of rotatable bonds is 8. The summed E-state index contributed by atoms with van der Waals surface area (Å²) in [6.07, 6.45) is 11.4. The van der Waals surface area contributed by atoms with Crippen LogP contribution in [0.1, 0.15) is 83.2 Å². The van der Waals surface area contributed by atoms with Crippen LogP contribution in [0.5, 0.6) is 0 Å². The highest BCUT2D eigenvalue weighted by Crippen LogP contribution is 2.52. The molecule has 3 aromatic rings. The average Bonchev–Trinajstić information content (AvgIpc) is 3.67. The maximum absolute atomic E-state index is 14.6.